The SMILES string of the molecule is NC1CCN(C(=O)[C@@H](NS(=O)(=O)c2ccc3cc(OC4CCCC4)ccc3c2)C(F)(F)c2ccc(Cl)cc2)CC1. The van der Waals surface area contributed by atoms with Crippen molar-refractivity contribution in [3.05, 3.63) is 71.2 Å². The number of ether oxygens (including phenoxy) is 1. The molecule has 0 unspecified atom stereocenters. The molecule has 1 saturated heterocycles. The van der Waals surface area contributed by atoms with E-state index in [-0.39, 0.29) is 35.2 Å². The molecule has 1 atom stereocenters. The first-order valence-corrected chi connectivity index (χ1v) is 15.3. The van der Waals surface area contributed by atoms with Crippen LogP contribution in [-0.2, 0) is 20.7 Å². The topological polar surface area (TPSA) is 102 Å². The fourth-order valence-corrected chi connectivity index (χ4v) is 6.64. The zero-order chi connectivity index (χ0) is 28.5. The number of likely N-dealkylation sites (tertiary alicyclic amines) is 1. The number of halogens is 3. The molecule has 1 aliphatic carbocycles. The smallest absolute Gasteiger partial charge is 0.298 e. The fraction of sp³-hybridized carbons (Fsp3) is 0.414. The number of benzene rings is 3. The van der Waals surface area contributed by atoms with Crippen LogP contribution in [-0.4, -0.2) is 50.5 Å². The van der Waals surface area contributed by atoms with E-state index in [4.69, 9.17) is 22.1 Å². The van der Waals surface area contributed by atoms with Crippen molar-refractivity contribution in [1.29, 1.82) is 0 Å². The van der Waals surface area contributed by atoms with Gasteiger partial charge in [0, 0.05) is 29.7 Å². The van der Waals surface area contributed by atoms with Gasteiger partial charge in [-0.2, -0.15) is 13.5 Å². The molecule has 0 radical (unpaired) electrons. The quantitative estimate of drug-likeness (QED) is 0.375. The Kier molecular flexibility index (Phi) is 8.33. The highest BCUT2D eigenvalue weighted by Gasteiger charge is 2.50. The summed E-state index contributed by atoms with van der Waals surface area (Å²) in [6.45, 7) is 0.326. The van der Waals surface area contributed by atoms with Gasteiger partial charge in [0.05, 0.1) is 11.0 Å². The number of nitrogens with zero attached hydrogens (tertiary/aromatic N) is 1. The number of nitrogens with two attached hydrogens (primary N) is 1. The maximum atomic E-state index is 15.9. The number of piperidine rings is 1. The first kappa shape index (κ1) is 28.7. The monoisotopic (exact) mass is 591 g/mol. The number of nitrogens with one attached hydrogen (secondary N) is 1. The van der Waals surface area contributed by atoms with Crippen molar-refractivity contribution in [2.45, 2.75) is 67.5 Å². The van der Waals surface area contributed by atoms with Crippen LogP contribution in [0.15, 0.2) is 65.6 Å². The van der Waals surface area contributed by atoms with Crippen LogP contribution < -0.4 is 15.2 Å². The fourth-order valence-electron chi connectivity index (χ4n) is 5.28. The molecule has 7 nitrogen and oxygen atoms in total. The summed E-state index contributed by atoms with van der Waals surface area (Å²) in [6, 6.07) is 11.9. The molecular formula is C29H32ClF2N3O4S. The molecule has 0 spiro atoms. The molecule has 3 aromatic carbocycles. The molecule has 40 heavy (non-hydrogen) atoms. The minimum atomic E-state index is -4.53. The van der Waals surface area contributed by atoms with Gasteiger partial charge in [0.15, 0.2) is 6.04 Å². The molecule has 2 fully saturated rings. The predicted octanol–water partition coefficient (Wildman–Crippen LogP) is 5.20. The lowest BCUT2D eigenvalue weighted by Gasteiger charge is -2.35. The van der Waals surface area contributed by atoms with Gasteiger partial charge in [0.2, 0.25) is 15.9 Å². The van der Waals surface area contributed by atoms with Crippen LogP contribution in [0.2, 0.25) is 5.02 Å². The van der Waals surface area contributed by atoms with Gasteiger partial charge in [0.25, 0.3) is 5.92 Å². The number of amides is 1. The van der Waals surface area contributed by atoms with E-state index in [1.807, 2.05) is 10.8 Å². The molecule has 1 aliphatic heterocycles. The van der Waals surface area contributed by atoms with Crippen LogP contribution >= 0.6 is 11.6 Å². The Labute approximate surface area is 237 Å². The summed E-state index contributed by atoms with van der Waals surface area (Å²) in [5.41, 5.74) is 5.39. The summed E-state index contributed by atoms with van der Waals surface area (Å²) in [6.07, 6.45) is 5.34. The van der Waals surface area contributed by atoms with Crippen LogP contribution in [0.5, 0.6) is 5.75 Å². The lowest BCUT2D eigenvalue weighted by atomic mass is 9.99. The Hall–Kier alpha value is -2.79. The number of hydrogen-bond acceptors (Lipinski definition) is 5. The van der Waals surface area contributed by atoms with Crippen LogP contribution in [0.1, 0.15) is 44.1 Å². The molecule has 5 rings (SSSR count). The maximum absolute atomic E-state index is 15.9. The third kappa shape index (κ3) is 6.25. The first-order chi connectivity index (χ1) is 19.0. The average molecular weight is 592 g/mol. The summed E-state index contributed by atoms with van der Waals surface area (Å²) in [7, 11) is -4.53. The zero-order valence-corrected chi connectivity index (χ0v) is 23.4. The Morgan fingerprint density at radius 2 is 1.60 bits per heavy atom. The minimum Gasteiger partial charge on any atom is -0.490 e. The van der Waals surface area contributed by atoms with Gasteiger partial charge in [-0.3, -0.25) is 4.79 Å². The molecular weight excluding hydrogens is 560 g/mol. The maximum Gasteiger partial charge on any atom is 0.298 e. The number of carbonyl (C=O) groups excluding carboxylic acids is 1. The molecule has 1 amide bonds. The number of rotatable bonds is 8. The number of hydrogen-bond donors (Lipinski definition) is 2. The van der Waals surface area contributed by atoms with E-state index in [0.717, 1.165) is 43.2 Å². The number of carbonyl (C=O) groups is 1. The Morgan fingerprint density at radius 3 is 2.27 bits per heavy atom. The molecule has 0 aromatic heterocycles. The Balaban J connectivity index is 1.43. The van der Waals surface area contributed by atoms with Crippen molar-refractivity contribution in [3.8, 4) is 5.75 Å². The normalized spacial score (nSPS) is 18.2. The summed E-state index contributed by atoms with van der Waals surface area (Å²) in [5.74, 6) is -4.18. The van der Waals surface area contributed by atoms with Crippen molar-refractivity contribution in [1.82, 2.24) is 9.62 Å². The highest BCUT2D eigenvalue weighted by Crippen LogP contribution is 2.35. The van der Waals surface area contributed by atoms with Gasteiger partial charge >= 0.3 is 0 Å². The Bertz CT molecular complexity index is 1470. The van der Waals surface area contributed by atoms with Gasteiger partial charge in [0.1, 0.15) is 5.75 Å². The van der Waals surface area contributed by atoms with Crippen molar-refractivity contribution >= 4 is 38.3 Å². The van der Waals surface area contributed by atoms with Crippen molar-refractivity contribution in [2.75, 3.05) is 13.1 Å². The molecule has 0 bridgehead atoms. The molecule has 214 valence electrons. The zero-order valence-electron chi connectivity index (χ0n) is 21.9. The van der Waals surface area contributed by atoms with E-state index in [9.17, 15) is 13.2 Å². The molecule has 11 heteroatoms. The second kappa shape index (κ2) is 11.6. The number of alkyl halides is 2. The van der Waals surface area contributed by atoms with E-state index in [1.54, 1.807) is 18.2 Å². The molecule has 1 saturated carbocycles. The largest absolute Gasteiger partial charge is 0.490 e. The summed E-state index contributed by atoms with van der Waals surface area (Å²) in [5, 5.41) is 1.58. The van der Waals surface area contributed by atoms with Crippen LogP contribution in [0.3, 0.4) is 0 Å². The van der Waals surface area contributed by atoms with Crippen molar-refractivity contribution in [2.24, 2.45) is 5.73 Å². The molecule has 3 N–H and O–H groups in total. The third-order valence-corrected chi connectivity index (χ3v) is 9.33. The second-order valence-electron chi connectivity index (χ2n) is 10.5. The van der Waals surface area contributed by atoms with E-state index in [0.29, 0.717) is 24.0 Å². The van der Waals surface area contributed by atoms with E-state index < -0.39 is 33.5 Å². The number of fused-ring (bicyclic) bond motifs is 1. The van der Waals surface area contributed by atoms with E-state index in [1.165, 1.54) is 29.2 Å². The average Bonchev–Trinajstić information content (AvgIpc) is 3.45. The third-order valence-electron chi connectivity index (χ3n) is 7.66. The first-order valence-electron chi connectivity index (χ1n) is 13.4. The van der Waals surface area contributed by atoms with Gasteiger partial charge < -0.3 is 15.4 Å². The van der Waals surface area contributed by atoms with Gasteiger partial charge in [-0.05, 0) is 85.7 Å². The van der Waals surface area contributed by atoms with Gasteiger partial charge in [-0.25, -0.2) is 8.42 Å². The van der Waals surface area contributed by atoms with Crippen molar-refractivity contribution < 1.29 is 26.7 Å². The summed E-state index contributed by atoms with van der Waals surface area (Å²) >= 11 is 5.87. The lowest BCUT2D eigenvalue weighted by molar-refractivity contribution is -0.145. The van der Waals surface area contributed by atoms with Crippen molar-refractivity contribution in [3.63, 3.8) is 0 Å². The van der Waals surface area contributed by atoms with Crippen LogP contribution in [0.25, 0.3) is 10.8 Å². The van der Waals surface area contributed by atoms with E-state index >= 15 is 8.78 Å². The Morgan fingerprint density at radius 1 is 0.975 bits per heavy atom. The van der Waals surface area contributed by atoms with Gasteiger partial charge in [-0.1, -0.05) is 35.9 Å². The second-order valence-corrected chi connectivity index (χ2v) is 12.7. The van der Waals surface area contributed by atoms with Gasteiger partial charge in [-0.15, -0.1) is 0 Å². The molecule has 1 heterocycles. The molecule has 2 aliphatic rings. The standard InChI is InChI=1S/C29H32ClF2N3O4S/c30-22-9-7-21(8-10-22)29(31,32)27(28(36)35-15-13-23(33)14-16-35)34-40(37,38)26-12-6-19-17-25(11-5-20(19)18-26)39-24-3-1-2-4-24/h5-12,17-18,23-24,27,34H,1-4,13-16,33H2/t27-/m1/s1. The van der Waals surface area contributed by atoms with Crippen LogP contribution in [0, 0.1) is 0 Å². The molecule has 3 aromatic rings. The van der Waals surface area contributed by atoms with Crippen LogP contribution in [0.4, 0.5) is 8.78 Å². The highest BCUT2D eigenvalue weighted by molar-refractivity contribution is 7.89. The lowest BCUT2D eigenvalue weighted by Crippen LogP contribution is -2.57. The number of sulfonamides is 1. The minimum absolute atomic E-state index is 0.141. The summed E-state index contributed by atoms with van der Waals surface area (Å²) in [4.78, 5) is 14.4. The highest BCUT2D eigenvalue weighted by atomic mass is 35.5. The predicted molar refractivity (Wildman–Crippen MR) is 150 cm³/mol. The van der Waals surface area contributed by atoms with E-state index in [2.05, 4.69) is 0 Å². The summed E-state index contributed by atoms with van der Waals surface area (Å²) < 4.78 is 66.8.